The molecule has 1 spiro atoms. The largest absolute Gasteiger partial charge is 0.370 e. The Hall–Kier alpha value is -0.750. The van der Waals surface area contributed by atoms with Crippen LogP contribution in [-0.2, 0) is 9.59 Å². The topological polar surface area (TPSA) is 84.2 Å². The predicted octanol–water partition coefficient (Wildman–Crippen LogP) is 1.08. The molecule has 1 aliphatic heterocycles. The maximum absolute atomic E-state index is 11.4. The molecule has 21 heavy (non-hydrogen) atoms. The van der Waals surface area contributed by atoms with Crippen LogP contribution in [0.3, 0.4) is 0 Å². The minimum Gasteiger partial charge on any atom is -0.370 e. The van der Waals surface area contributed by atoms with Crippen LogP contribution in [0.15, 0.2) is 0 Å². The van der Waals surface area contributed by atoms with Gasteiger partial charge >= 0.3 is 0 Å². The van der Waals surface area contributed by atoms with Crippen LogP contribution in [0.4, 0.5) is 0 Å². The van der Waals surface area contributed by atoms with E-state index in [-0.39, 0.29) is 11.3 Å². The Labute approximate surface area is 133 Å². The van der Waals surface area contributed by atoms with E-state index in [1.807, 2.05) is 0 Å². The van der Waals surface area contributed by atoms with Crippen molar-refractivity contribution in [3.05, 3.63) is 0 Å². The van der Waals surface area contributed by atoms with Crippen molar-refractivity contribution >= 4 is 24.4 Å². The van der Waals surface area contributed by atoms with Gasteiger partial charge in [0, 0.05) is 19.0 Å². The summed E-state index contributed by atoms with van der Waals surface area (Å²) >= 11 is 3.76. The maximum atomic E-state index is 11.4. The van der Waals surface area contributed by atoms with E-state index in [9.17, 15) is 9.59 Å². The average molecular weight is 315 g/mol. The summed E-state index contributed by atoms with van der Waals surface area (Å²) in [5.74, 6) is 1.28. The summed E-state index contributed by atoms with van der Waals surface area (Å²) in [7, 11) is 0. The van der Waals surface area contributed by atoms with Gasteiger partial charge in [-0.15, -0.1) is 0 Å². The summed E-state index contributed by atoms with van der Waals surface area (Å²) < 4.78 is 0. The second kappa shape index (κ2) is 8.63. The Morgan fingerprint density at radius 2 is 2.10 bits per heavy atom. The van der Waals surface area contributed by atoms with Gasteiger partial charge < -0.3 is 16.4 Å². The molecule has 0 aromatic heterocycles. The van der Waals surface area contributed by atoms with Gasteiger partial charge in [-0.1, -0.05) is 13.8 Å². The Balaban J connectivity index is 0.000000315. The number of carbonyl (C=O) groups is 2. The van der Waals surface area contributed by atoms with Crippen LogP contribution >= 0.6 is 12.6 Å². The Bertz CT molecular complexity index is 353. The van der Waals surface area contributed by atoms with E-state index in [1.165, 1.54) is 12.8 Å². The molecular weight excluding hydrogens is 286 g/mol. The van der Waals surface area contributed by atoms with Crippen LogP contribution in [0.1, 0.15) is 46.0 Å². The number of hydrogen-bond acceptors (Lipinski definition) is 4. The number of hydrogen-bond donors (Lipinski definition) is 4. The van der Waals surface area contributed by atoms with Crippen molar-refractivity contribution in [3.8, 4) is 0 Å². The lowest BCUT2D eigenvalue weighted by Gasteiger charge is -2.45. The summed E-state index contributed by atoms with van der Waals surface area (Å²) in [5, 5.41) is 6.46. The monoisotopic (exact) mass is 315 g/mol. The van der Waals surface area contributed by atoms with Crippen LogP contribution in [0.25, 0.3) is 0 Å². The zero-order valence-corrected chi connectivity index (χ0v) is 14.0. The number of carbonyl (C=O) groups excluding carboxylic acids is 2. The molecular formula is C15H29N3O2S. The molecule has 122 valence electrons. The normalized spacial score (nSPS) is 27.6. The lowest BCUT2D eigenvalue weighted by atomic mass is 9.68. The quantitative estimate of drug-likeness (QED) is 0.452. The summed E-state index contributed by atoms with van der Waals surface area (Å²) in [5.41, 5.74) is 4.75. The number of nitrogens with two attached hydrogens (primary N) is 1. The van der Waals surface area contributed by atoms with Gasteiger partial charge in [-0.2, -0.15) is 12.6 Å². The average Bonchev–Trinajstić information content (AvgIpc) is 2.44. The summed E-state index contributed by atoms with van der Waals surface area (Å²) in [6, 6.07) is 0.645. The van der Waals surface area contributed by atoms with Gasteiger partial charge in [0.05, 0.1) is 5.41 Å². The summed E-state index contributed by atoms with van der Waals surface area (Å²) in [4.78, 5) is 21.2. The number of primary amides is 1. The van der Waals surface area contributed by atoms with Crippen molar-refractivity contribution < 1.29 is 9.59 Å². The van der Waals surface area contributed by atoms with Crippen molar-refractivity contribution in [1.29, 1.82) is 0 Å². The lowest BCUT2D eigenvalue weighted by molar-refractivity contribution is -0.142. The standard InChI is InChI=1S/C12H22N2O.C3H7NOS/c1-9(2)7-13-10-3-5-12(6-4-10)8-14-11(12)15;4-3(5)1-2-6/h9-10,13H,3-8H2,1-2H3,(H,14,15);6H,1-2H2,(H2,4,5). The van der Waals surface area contributed by atoms with Crippen LogP contribution in [0.5, 0.6) is 0 Å². The van der Waals surface area contributed by atoms with Gasteiger partial charge in [0.2, 0.25) is 11.8 Å². The molecule has 1 saturated heterocycles. The van der Waals surface area contributed by atoms with Crippen LogP contribution < -0.4 is 16.4 Å². The van der Waals surface area contributed by atoms with Gasteiger partial charge in [0.15, 0.2) is 0 Å². The van der Waals surface area contributed by atoms with E-state index in [4.69, 9.17) is 5.73 Å². The molecule has 5 nitrogen and oxygen atoms in total. The fourth-order valence-corrected chi connectivity index (χ4v) is 2.92. The smallest absolute Gasteiger partial charge is 0.228 e. The summed E-state index contributed by atoms with van der Waals surface area (Å²) in [6.07, 6.45) is 4.87. The SMILES string of the molecule is CC(C)CNC1CCC2(CC1)CNC2=O.NC(=O)CCS. The van der Waals surface area contributed by atoms with Gasteiger partial charge in [-0.3, -0.25) is 9.59 Å². The fraction of sp³-hybridized carbons (Fsp3) is 0.867. The molecule has 0 bridgehead atoms. The van der Waals surface area contributed by atoms with E-state index >= 15 is 0 Å². The Kier molecular flexibility index (Phi) is 7.52. The highest BCUT2D eigenvalue weighted by atomic mass is 32.1. The minimum atomic E-state index is -0.287. The number of β-lactam (4-membered cyclic amide) rings is 1. The zero-order valence-electron chi connectivity index (χ0n) is 13.2. The molecule has 2 rings (SSSR count). The van der Waals surface area contributed by atoms with E-state index in [0.717, 1.165) is 25.9 Å². The first-order valence-electron chi connectivity index (χ1n) is 7.80. The van der Waals surface area contributed by atoms with Crippen molar-refractivity contribution in [2.75, 3.05) is 18.8 Å². The first kappa shape index (κ1) is 18.3. The molecule has 1 heterocycles. The Morgan fingerprint density at radius 1 is 1.48 bits per heavy atom. The molecule has 0 unspecified atom stereocenters. The molecule has 1 saturated carbocycles. The molecule has 0 aromatic carbocycles. The van der Waals surface area contributed by atoms with E-state index in [2.05, 4.69) is 37.1 Å². The predicted molar refractivity (Wildman–Crippen MR) is 88.2 cm³/mol. The van der Waals surface area contributed by atoms with E-state index in [0.29, 0.717) is 30.0 Å². The molecule has 2 amide bonds. The molecule has 6 heteroatoms. The zero-order chi connectivity index (χ0) is 15.9. The third-order valence-corrected chi connectivity index (χ3v) is 4.41. The fourth-order valence-electron chi connectivity index (χ4n) is 2.70. The van der Waals surface area contributed by atoms with Crippen LogP contribution in [0.2, 0.25) is 0 Å². The lowest BCUT2D eigenvalue weighted by Crippen LogP contribution is -2.61. The molecule has 0 radical (unpaired) electrons. The molecule has 1 aliphatic carbocycles. The minimum absolute atomic E-state index is 0.0377. The van der Waals surface area contributed by atoms with Crippen LogP contribution in [0, 0.1) is 11.3 Å². The van der Waals surface area contributed by atoms with E-state index in [1.54, 1.807) is 0 Å². The Morgan fingerprint density at radius 3 is 2.38 bits per heavy atom. The molecule has 4 N–H and O–H groups in total. The maximum Gasteiger partial charge on any atom is 0.228 e. The van der Waals surface area contributed by atoms with Crippen molar-refractivity contribution in [2.24, 2.45) is 17.1 Å². The van der Waals surface area contributed by atoms with E-state index < -0.39 is 0 Å². The first-order valence-corrected chi connectivity index (χ1v) is 8.44. The number of amides is 2. The van der Waals surface area contributed by atoms with Gasteiger partial charge in [-0.05, 0) is 43.9 Å². The molecule has 0 aromatic rings. The van der Waals surface area contributed by atoms with Crippen molar-refractivity contribution in [3.63, 3.8) is 0 Å². The highest BCUT2D eigenvalue weighted by Gasteiger charge is 2.47. The number of rotatable bonds is 5. The number of nitrogens with one attached hydrogen (secondary N) is 2. The highest BCUT2D eigenvalue weighted by Crippen LogP contribution is 2.40. The summed E-state index contributed by atoms with van der Waals surface area (Å²) in [6.45, 7) is 6.49. The first-order chi connectivity index (χ1) is 9.89. The highest BCUT2D eigenvalue weighted by molar-refractivity contribution is 7.80. The third kappa shape index (κ3) is 5.87. The second-order valence-corrected chi connectivity index (χ2v) is 6.93. The molecule has 2 fully saturated rings. The third-order valence-electron chi connectivity index (χ3n) is 4.18. The number of thiol groups is 1. The van der Waals surface area contributed by atoms with Gasteiger partial charge in [-0.25, -0.2) is 0 Å². The van der Waals surface area contributed by atoms with Gasteiger partial charge in [0.1, 0.15) is 0 Å². The molecule has 0 atom stereocenters. The second-order valence-electron chi connectivity index (χ2n) is 6.48. The molecule has 2 aliphatic rings. The van der Waals surface area contributed by atoms with Crippen LogP contribution in [-0.4, -0.2) is 36.7 Å². The van der Waals surface area contributed by atoms with Crippen molar-refractivity contribution in [2.45, 2.75) is 52.0 Å². The van der Waals surface area contributed by atoms with Gasteiger partial charge in [0.25, 0.3) is 0 Å². The van der Waals surface area contributed by atoms with Crippen molar-refractivity contribution in [1.82, 2.24) is 10.6 Å².